The third kappa shape index (κ3) is 3.40. The SMILES string of the molecule is NC(CS)C(=O)Nc1ccc(C=O)c(C=O)c1. The van der Waals surface area contributed by atoms with E-state index in [0.717, 1.165) is 0 Å². The topological polar surface area (TPSA) is 89.3 Å². The second-order valence-electron chi connectivity index (χ2n) is 3.36. The number of benzene rings is 1. The monoisotopic (exact) mass is 252 g/mol. The number of hydrogen-bond donors (Lipinski definition) is 3. The molecule has 1 aromatic carbocycles. The van der Waals surface area contributed by atoms with Crippen molar-refractivity contribution >= 4 is 36.8 Å². The maximum absolute atomic E-state index is 11.5. The van der Waals surface area contributed by atoms with Crippen LogP contribution in [0.4, 0.5) is 5.69 Å². The second-order valence-corrected chi connectivity index (χ2v) is 3.72. The van der Waals surface area contributed by atoms with E-state index in [9.17, 15) is 14.4 Å². The number of nitrogens with two attached hydrogens (primary N) is 1. The number of hydrogen-bond acceptors (Lipinski definition) is 5. The number of aldehydes is 2. The Balaban J connectivity index is 2.90. The molecule has 0 saturated heterocycles. The quantitative estimate of drug-likeness (QED) is 0.526. The molecule has 0 aliphatic rings. The summed E-state index contributed by atoms with van der Waals surface area (Å²) in [5, 5.41) is 2.53. The van der Waals surface area contributed by atoms with Gasteiger partial charge in [0.15, 0.2) is 12.6 Å². The summed E-state index contributed by atoms with van der Waals surface area (Å²) in [5.74, 6) is -0.172. The van der Waals surface area contributed by atoms with Crippen molar-refractivity contribution in [2.24, 2.45) is 5.73 Å². The van der Waals surface area contributed by atoms with Gasteiger partial charge in [0.25, 0.3) is 0 Å². The maximum Gasteiger partial charge on any atom is 0.242 e. The van der Waals surface area contributed by atoms with Crippen molar-refractivity contribution in [3.63, 3.8) is 0 Å². The van der Waals surface area contributed by atoms with Crippen LogP contribution in [0.5, 0.6) is 0 Å². The molecular weight excluding hydrogens is 240 g/mol. The Morgan fingerprint density at radius 2 is 2.00 bits per heavy atom. The van der Waals surface area contributed by atoms with Crippen LogP contribution in [0.25, 0.3) is 0 Å². The van der Waals surface area contributed by atoms with E-state index < -0.39 is 11.9 Å². The molecule has 0 bridgehead atoms. The first kappa shape index (κ1) is 13.4. The molecule has 0 spiro atoms. The number of thiol groups is 1. The number of carbonyl (C=O) groups excluding carboxylic acids is 3. The van der Waals surface area contributed by atoms with Crippen LogP contribution in [0.1, 0.15) is 20.7 Å². The lowest BCUT2D eigenvalue weighted by molar-refractivity contribution is -0.116. The predicted molar refractivity (Wildman–Crippen MR) is 67.7 cm³/mol. The van der Waals surface area contributed by atoms with E-state index >= 15 is 0 Å². The van der Waals surface area contributed by atoms with E-state index in [1.54, 1.807) is 0 Å². The lowest BCUT2D eigenvalue weighted by Crippen LogP contribution is -2.37. The van der Waals surface area contributed by atoms with Crippen molar-refractivity contribution in [2.75, 3.05) is 11.1 Å². The van der Waals surface area contributed by atoms with Gasteiger partial charge in [0.05, 0.1) is 6.04 Å². The molecule has 90 valence electrons. The number of rotatable bonds is 5. The van der Waals surface area contributed by atoms with Gasteiger partial charge in [0.2, 0.25) is 5.91 Å². The normalized spacial score (nSPS) is 11.6. The summed E-state index contributed by atoms with van der Waals surface area (Å²) in [7, 11) is 0. The van der Waals surface area contributed by atoms with Crippen molar-refractivity contribution in [1.82, 2.24) is 0 Å². The smallest absolute Gasteiger partial charge is 0.242 e. The van der Waals surface area contributed by atoms with E-state index in [-0.39, 0.29) is 16.9 Å². The van der Waals surface area contributed by atoms with E-state index in [1.807, 2.05) is 0 Å². The summed E-state index contributed by atoms with van der Waals surface area (Å²) in [6.45, 7) is 0. The van der Waals surface area contributed by atoms with Gasteiger partial charge >= 0.3 is 0 Å². The molecule has 0 heterocycles. The minimum atomic E-state index is -0.719. The Hall–Kier alpha value is -1.66. The van der Waals surface area contributed by atoms with Gasteiger partial charge < -0.3 is 11.1 Å². The predicted octanol–water partition coefficient (Wildman–Crippen LogP) is 0.507. The standard InChI is InChI=1S/C11H12N2O3S/c12-10(6-17)11(16)13-9-2-1-7(4-14)8(3-9)5-15/h1-5,10,17H,6,12H2,(H,13,16). The Labute approximate surface area is 104 Å². The van der Waals surface area contributed by atoms with Crippen LogP contribution < -0.4 is 11.1 Å². The minimum Gasteiger partial charge on any atom is -0.325 e. The number of nitrogens with one attached hydrogen (secondary N) is 1. The molecule has 5 nitrogen and oxygen atoms in total. The molecule has 1 aromatic rings. The molecule has 0 saturated carbocycles. The van der Waals surface area contributed by atoms with Crippen molar-refractivity contribution in [3.05, 3.63) is 29.3 Å². The molecule has 6 heteroatoms. The molecule has 0 fully saturated rings. The van der Waals surface area contributed by atoms with Gasteiger partial charge in [-0.3, -0.25) is 14.4 Å². The van der Waals surface area contributed by atoms with Crippen molar-refractivity contribution in [2.45, 2.75) is 6.04 Å². The molecule has 0 aliphatic carbocycles. The van der Waals surface area contributed by atoms with Crippen LogP contribution in [0.15, 0.2) is 18.2 Å². The lowest BCUT2D eigenvalue weighted by atomic mass is 10.1. The lowest BCUT2D eigenvalue weighted by Gasteiger charge is -2.10. The highest BCUT2D eigenvalue weighted by molar-refractivity contribution is 7.80. The minimum absolute atomic E-state index is 0.220. The third-order valence-corrected chi connectivity index (χ3v) is 2.54. The summed E-state index contributed by atoms with van der Waals surface area (Å²) in [6.07, 6.45) is 1.13. The Morgan fingerprint density at radius 3 is 2.53 bits per heavy atom. The molecule has 0 aliphatic heterocycles. The fourth-order valence-corrected chi connectivity index (χ4v) is 1.35. The van der Waals surface area contributed by atoms with Crippen LogP contribution >= 0.6 is 12.6 Å². The summed E-state index contributed by atoms with van der Waals surface area (Å²) in [6, 6.07) is 3.68. The molecule has 1 amide bonds. The fourth-order valence-electron chi connectivity index (χ4n) is 1.18. The number of amides is 1. The average Bonchev–Trinajstić information content (AvgIpc) is 2.37. The highest BCUT2D eigenvalue weighted by atomic mass is 32.1. The van der Waals surface area contributed by atoms with Gasteiger partial charge in [-0.1, -0.05) is 0 Å². The van der Waals surface area contributed by atoms with Crippen molar-refractivity contribution in [3.8, 4) is 0 Å². The summed E-state index contributed by atoms with van der Waals surface area (Å²) in [5.41, 5.74) is 6.39. The maximum atomic E-state index is 11.5. The van der Waals surface area contributed by atoms with E-state index in [4.69, 9.17) is 5.73 Å². The Bertz CT molecular complexity index is 448. The van der Waals surface area contributed by atoms with Gasteiger partial charge in [-0.15, -0.1) is 0 Å². The molecule has 1 unspecified atom stereocenters. The van der Waals surface area contributed by atoms with Gasteiger partial charge in [-0.05, 0) is 18.2 Å². The molecule has 3 N–H and O–H groups in total. The van der Waals surface area contributed by atoms with Gasteiger partial charge in [-0.25, -0.2) is 0 Å². The molecule has 17 heavy (non-hydrogen) atoms. The van der Waals surface area contributed by atoms with Crippen molar-refractivity contribution in [1.29, 1.82) is 0 Å². The molecule has 1 atom stereocenters. The van der Waals surface area contributed by atoms with Gasteiger partial charge in [-0.2, -0.15) is 12.6 Å². The zero-order valence-electron chi connectivity index (χ0n) is 8.92. The number of carbonyl (C=O) groups is 3. The molecule has 1 rings (SSSR count). The van der Waals surface area contributed by atoms with Crippen LogP contribution in [0.2, 0.25) is 0 Å². The van der Waals surface area contributed by atoms with Crippen LogP contribution in [-0.4, -0.2) is 30.3 Å². The molecule has 0 aromatic heterocycles. The van der Waals surface area contributed by atoms with E-state index in [2.05, 4.69) is 17.9 Å². The summed E-state index contributed by atoms with van der Waals surface area (Å²) >= 11 is 3.90. The van der Waals surface area contributed by atoms with Crippen molar-refractivity contribution < 1.29 is 14.4 Å². The second kappa shape index (κ2) is 6.17. The van der Waals surface area contributed by atoms with E-state index in [1.165, 1.54) is 18.2 Å². The summed E-state index contributed by atoms with van der Waals surface area (Å²) in [4.78, 5) is 32.8. The first-order valence-electron chi connectivity index (χ1n) is 4.84. The Morgan fingerprint density at radius 1 is 1.35 bits per heavy atom. The van der Waals surface area contributed by atoms with Crippen LogP contribution in [0.3, 0.4) is 0 Å². The first-order chi connectivity index (χ1) is 8.12. The third-order valence-electron chi connectivity index (χ3n) is 2.14. The first-order valence-corrected chi connectivity index (χ1v) is 5.47. The molecular formula is C11H12N2O3S. The van der Waals surface area contributed by atoms with Gasteiger partial charge in [0, 0.05) is 22.6 Å². The van der Waals surface area contributed by atoms with Crippen LogP contribution in [0, 0.1) is 0 Å². The molecule has 0 radical (unpaired) electrons. The fraction of sp³-hybridized carbons (Fsp3) is 0.182. The van der Waals surface area contributed by atoms with Crippen LogP contribution in [-0.2, 0) is 4.79 Å². The zero-order chi connectivity index (χ0) is 12.8. The average molecular weight is 252 g/mol. The Kier molecular flexibility index (Phi) is 4.86. The zero-order valence-corrected chi connectivity index (χ0v) is 9.81. The van der Waals surface area contributed by atoms with E-state index in [0.29, 0.717) is 18.3 Å². The highest BCUT2D eigenvalue weighted by Gasteiger charge is 2.12. The summed E-state index contributed by atoms with van der Waals surface area (Å²) < 4.78 is 0. The number of anilines is 1. The highest BCUT2D eigenvalue weighted by Crippen LogP contribution is 2.13. The van der Waals surface area contributed by atoms with Gasteiger partial charge in [0.1, 0.15) is 0 Å². The largest absolute Gasteiger partial charge is 0.325 e.